The van der Waals surface area contributed by atoms with Gasteiger partial charge in [-0.2, -0.15) is 0 Å². The van der Waals surface area contributed by atoms with Gasteiger partial charge in [-0.3, -0.25) is 14.7 Å². The Labute approximate surface area is 161 Å². The van der Waals surface area contributed by atoms with Gasteiger partial charge in [0.2, 0.25) is 5.13 Å². The number of rotatable bonds is 8. The van der Waals surface area contributed by atoms with E-state index in [4.69, 9.17) is 0 Å². The highest BCUT2D eigenvalue weighted by molar-refractivity contribution is 7.98. The van der Waals surface area contributed by atoms with Crippen molar-refractivity contribution in [1.82, 2.24) is 19.7 Å². The number of anilines is 1. The number of carbonyl (C=O) groups excluding carboxylic acids is 1. The number of thioether (sulfide) groups is 1. The molecule has 2 heterocycles. The summed E-state index contributed by atoms with van der Waals surface area (Å²) in [6.45, 7) is 2.17. The molecule has 0 aliphatic carbocycles. The van der Waals surface area contributed by atoms with Gasteiger partial charge in [0.25, 0.3) is 5.91 Å². The maximum absolute atomic E-state index is 12.8. The second kappa shape index (κ2) is 8.95. The fourth-order valence-electron chi connectivity index (χ4n) is 2.56. The Morgan fingerprint density at radius 3 is 2.77 bits per heavy atom. The molecule has 0 unspecified atom stereocenters. The van der Waals surface area contributed by atoms with Gasteiger partial charge in [-0.25, -0.2) is 4.98 Å². The highest BCUT2D eigenvalue weighted by Crippen LogP contribution is 2.23. The zero-order valence-electron chi connectivity index (χ0n) is 14.8. The molecule has 0 saturated heterocycles. The number of carbonyl (C=O) groups is 1. The Hall–Kier alpha value is -2.19. The largest absolute Gasteiger partial charge is 0.295 e. The van der Waals surface area contributed by atoms with Gasteiger partial charge < -0.3 is 0 Å². The lowest BCUT2D eigenvalue weighted by Crippen LogP contribution is -2.16. The minimum Gasteiger partial charge on any atom is -0.295 e. The number of imidazole rings is 1. The Balaban J connectivity index is 1.78. The maximum atomic E-state index is 12.8. The van der Waals surface area contributed by atoms with Gasteiger partial charge in [-0.15, -0.1) is 10.2 Å². The normalized spacial score (nSPS) is 10.8. The van der Waals surface area contributed by atoms with E-state index in [1.807, 2.05) is 41.2 Å². The number of benzene rings is 1. The average Bonchev–Trinajstić information content (AvgIpc) is 3.29. The first-order valence-electron chi connectivity index (χ1n) is 8.53. The molecular weight excluding hydrogens is 366 g/mol. The molecule has 0 bridgehead atoms. The summed E-state index contributed by atoms with van der Waals surface area (Å²) in [6.07, 6.45) is 7.88. The van der Waals surface area contributed by atoms with Crippen molar-refractivity contribution in [2.24, 2.45) is 0 Å². The van der Waals surface area contributed by atoms with Crippen LogP contribution in [0, 0.1) is 0 Å². The third-order valence-electron chi connectivity index (χ3n) is 3.84. The summed E-state index contributed by atoms with van der Waals surface area (Å²) in [5, 5.41) is 13.3. The molecule has 26 heavy (non-hydrogen) atoms. The van der Waals surface area contributed by atoms with Crippen LogP contribution in [-0.4, -0.2) is 31.9 Å². The van der Waals surface area contributed by atoms with E-state index in [1.54, 1.807) is 6.20 Å². The number of nitrogens with one attached hydrogen (secondary N) is 1. The molecule has 1 amide bonds. The predicted molar refractivity (Wildman–Crippen MR) is 106 cm³/mol. The lowest BCUT2D eigenvalue weighted by Gasteiger charge is -2.10. The molecule has 0 aliphatic heterocycles. The summed E-state index contributed by atoms with van der Waals surface area (Å²) in [5.74, 6) is -0.238. The fraction of sp³-hybridized carbons (Fsp3) is 0.333. The molecule has 8 heteroatoms. The first-order chi connectivity index (χ1) is 12.7. The number of para-hydroxylation sites is 1. The van der Waals surface area contributed by atoms with Crippen LogP contribution in [0.1, 0.15) is 41.7 Å². The van der Waals surface area contributed by atoms with Crippen LogP contribution in [0.4, 0.5) is 5.13 Å². The highest BCUT2D eigenvalue weighted by Gasteiger charge is 2.19. The number of nitrogens with zero attached hydrogens (tertiary/aromatic N) is 4. The van der Waals surface area contributed by atoms with Crippen molar-refractivity contribution in [1.29, 1.82) is 0 Å². The van der Waals surface area contributed by atoms with Crippen LogP contribution >= 0.6 is 23.1 Å². The number of unbranched alkanes of at least 4 members (excludes halogenated alkanes) is 2. The molecule has 2 aromatic heterocycles. The SMILES string of the molecule is CCCCCc1nnc(NC(=O)c2cnc(SC)n2-c2ccccc2)s1. The zero-order chi connectivity index (χ0) is 18.4. The number of aromatic nitrogens is 4. The first kappa shape index (κ1) is 18.6. The van der Waals surface area contributed by atoms with Crippen LogP contribution < -0.4 is 5.32 Å². The summed E-state index contributed by atoms with van der Waals surface area (Å²) >= 11 is 2.93. The van der Waals surface area contributed by atoms with Crippen LogP contribution in [0.5, 0.6) is 0 Å². The third-order valence-corrected chi connectivity index (χ3v) is 5.39. The van der Waals surface area contributed by atoms with Crippen LogP contribution in [0.25, 0.3) is 5.69 Å². The van der Waals surface area contributed by atoms with E-state index in [9.17, 15) is 4.79 Å². The number of aryl methyl sites for hydroxylation is 1. The molecule has 0 saturated carbocycles. The van der Waals surface area contributed by atoms with E-state index in [0.29, 0.717) is 10.8 Å². The van der Waals surface area contributed by atoms with Crippen molar-refractivity contribution in [3.05, 3.63) is 47.2 Å². The van der Waals surface area contributed by atoms with Crippen molar-refractivity contribution in [3.8, 4) is 5.69 Å². The molecule has 0 atom stereocenters. The minimum absolute atomic E-state index is 0.238. The molecular formula is C18H21N5OS2. The zero-order valence-corrected chi connectivity index (χ0v) is 16.4. The Kier molecular flexibility index (Phi) is 6.40. The quantitative estimate of drug-likeness (QED) is 0.457. The molecule has 3 aromatic rings. The summed E-state index contributed by atoms with van der Waals surface area (Å²) < 4.78 is 1.85. The van der Waals surface area contributed by atoms with E-state index in [-0.39, 0.29) is 5.91 Å². The van der Waals surface area contributed by atoms with E-state index in [0.717, 1.165) is 28.7 Å². The van der Waals surface area contributed by atoms with E-state index in [1.165, 1.54) is 35.9 Å². The average molecular weight is 388 g/mol. The van der Waals surface area contributed by atoms with E-state index < -0.39 is 0 Å². The number of amides is 1. The van der Waals surface area contributed by atoms with E-state index in [2.05, 4.69) is 27.4 Å². The third kappa shape index (κ3) is 4.31. The molecule has 1 N–H and O–H groups in total. The fourth-order valence-corrected chi connectivity index (χ4v) is 3.88. The molecule has 6 nitrogen and oxygen atoms in total. The number of hydrogen-bond donors (Lipinski definition) is 1. The molecule has 3 rings (SSSR count). The van der Waals surface area contributed by atoms with Crippen molar-refractivity contribution >= 4 is 34.1 Å². The molecule has 0 fully saturated rings. The summed E-state index contributed by atoms with van der Waals surface area (Å²) in [7, 11) is 0. The lowest BCUT2D eigenvalue weighted by atomic mass is 10.2. The topological polar surface area (TPSA) is 72.7 Å². The standard InChI is InChI=1S/C18H21N5OS2/c1-3-4-6-11-15-21-22-17(26-15)20-16(24)14-12-19-18(25-2)23(14)13-9-7-5-8-10-13/h5,7-10,12H,3-4,6,11H2,1-2H3,(H,20,22,24). The smallest absolute Gasteiger partial charge is 0.276 e. The highest BCUT2D eigenvalue weighted by atomic mass is 32.2. The van der Waals surface area contributed by atoms with Gasteiger partial charge in [-0.1, -0.05) is 61.1 Å². The van der Waals surface area contributed by atoms with Crippen molar-refractivity contribution in [2.45, 2.75) is 37.8 Å². The molecule has 0 aliphatic rings. The van der Waals surface area contributed by atoms with Crippen molar-refractivity contribution in [3.63, 3.8) is 0 Å². The lowest BCUT2D eigenvalue weighted by molar-refractivity contribution is 0.102. The van der Waals surface area contributed by atoms with Crippen LogP contribution in [0.2, 0.25) is 0 Å². The van der Waals surface area contributed by atoms with Crippen LogP contribution in [-0.2, 0) is 6.42 Å². The van der Waals surface area contributed by atoms with Gasteiger partial charge in [0.1, 0.15) is 10.7 Å². The molecule has 0 spiro atoms. The Morgan fingerprint density at radius 1 is 1.23 bits per heavy atom. The van der Waals surface area contributed by atoms with Crippen molar-refractivity contribution in [2.75, 3.05) is 11.6 Å². The molecule has 1 aromatic carbocycles. The number of hydrogen-bond acceptors (Lipinski definition) is 6. The monoisotopic (exact) mass is 387 g/mol. The minimum atomic E-state index is -0.238. The Bertz CT molecular complexity index is 860. The molecule has 0 radical (unpaired) electrons. The van der Waals surface area contributed by atoms with E-state index >= 15 is 0 Å². The van der Waals surface area contributed by atoms with Crippen LogP contribution in [0.3, 0.4) is 0 Å². The van der Waals surface area contributed by atoms with Gasteiger partial charge in [0.15, 0.2) is 5.16 Å². The van der Waals surface area contributed by atoms with Gasteiger partial charge in [0.05, 0.1) is 6.20 Å². The second-order valence-corrected chi connectivity index (χ2v) is 7.55. The van der Waals surface area contributed by atoms with Gasteiger partial charge in [-0.05, 0) is 24.8 Å². The van der Waals surface area contributed by atoms with Crippen LogP contribution in [0.15, 0.2) is 41.7 Å². The summed E-state index contributed by atoms with van der Waals surface area (Å²) in [6, 6.07) is 9.73. The first-order valence-corrected chi connectivity index (χ1v) is 10.6. The summed E-state index contributed by atoms with van der Waals surface area (Å²) in [5.41, 5.74) is 1.38. The second-order valence-electron chi connectivity index (χ2n) is 5.71. The molecule has 136 valence electrons. The van der Waals surface area contributed by atoms with Crippen molar-refractivity contribution < 1.29 is 4.79 Å². The van der Waals surface area contributed by atoms with Gasteiger partial charge in [0, 0.05) is 12.1 Å². The van der Waals surface area contributed by atoms with Gasteiger partial charge >= 0.3 is 0 Å². The Morgan fingerprint density at radius 2 is 2.04 bits per heavy atom. The predicted octanol–water partition coefficient (Wildman–Crippen LogP) is 4.43. The maximum Gasteiger partial charge on any atom is 0.276 e. The summed E-state index contributed by atoms with van der Waals surface area (Å²) in [4.78, 5) is 17.1.